The van der Waals surface area contributed by atoms with E-state index in [9.17, 15) is 4.79 Å². The Labute approximate surface area is 176 Å². The topological polar surface area (TPSA) is 81.9 Å². The van der Waals surface area contributed by atoms with Gasteiger partial charge < -0.3 is 10.1 Å². The number of carbonyl (C=O) groups is 1. The van der Waals surface area contributed by atoms with Crippen molar-refractivity contribution in [3.63, 3.8) is 0 Å². The molecule has 0 aliphatic heterocycles. The minimum atomic E-state index is -0.159. The second-order valence-electron chi connectivity index (χ2n) is 5.99. The highest BCUT2D eigenvalue weighted by molar-refractivity contribution is 8.00. The van der Waals surface area contributed by atoms with Crippen LogP contribution in [0.2, 0.25) is 5.02 Å². The van der Waals surface area contributed by atoms with Crippen LogP contribution in [-0.2, 0) is 4.79 Å². The second kappa shape index (κ2) is 8.50. The molecule has 1 amide bonds. The van der Waals surface area contributed by atoms with Gasteiger partial charge in [0.1, 0.15) is 17.1 Å². The Balaban J connectivity index is 1.52. The third-order valence-electron chi connectivity index (χ3n) is 4.10. The Morgan fingerprint density at radius 1 is 1.21 bits per heavy atom. The van der Waals surface area contributed by atoms with Crippen molar-refractivity contribution in [2.24, 2.45) is 0 Å². The number of benzene rings is 2. The van der Waals surface area contributed by atoms with Gasteiger partial charge in [-0.05, 0) is 30.3 Å². The monoisotopic (exact) mass is 425 g/mol. The minimum Gasteiger partial charge on any atom is -0.495 e. The van der Waals surface area contributed by atoms with Crippen molar-refractivity contribution >= 4 is 46.0 Å². The largest absolute Gasteiger partial charge is 0.495 e. The van der Waals surface area contributed by atoms with Gasteiger partial charge in [-0.3, -0.25) is 4.79 Å². The molecular weight excluding hydrogens is 410 g/mol. The number of para-hydroxylation sites is 2. The molecule has 0 radical (unpaired) electrons. The third-order valence-corrected chi connectivity index (χ3v) is 5.34. The molecule has 1 N–H and O–H groups in total. The van der Waals surface area contributed by atoms with Gasteiger partial charge >= 0.3 is 0 Å². The summed E-state index contributed by atoms with van der Waals surface area (Å²) in [5.74, 6) is 0.638. The number of halogens is 1. The number of nitrogens with one attached hydrogen (secondary N) is 1. The summed E-state index contributed by atoms with van der Waals surface area (Å²) in [6.07, 6.45) is 3.15. The van der Waals surface area contributed by atoms with Gasteiger partial charge in [0.05, 0.1) is 35.8 Å². The summed E-state index contributed by atoms with van der Waals surface area (Å²) >= 11 is 7.40. The molecule has 0 spiro atoms. The Kier molecular flexibility index (Phi) is 5.64. The van der Waals surface area contributed by atoms with E-state index in [-0.39, 0.29) is 11.7 Å². The fourth-order valence-electron chi connectivity index (χ4n) is 2.80. The Morgan fingerprint density at radius 3 is 2.90 bits per heavy atom. The van der Waals surface area contributed by atoms with Gasteiger partial charge in [-0.25, -0.2) is 14.6 Å². The summed E-state index contributed by atoms with van der Waals surface area (Å²) in [5.41, 5.74) is 2.08. The fraction of sp³-hybridized carbons (Fsp3) is 0.100. The standard InChI is InChI=1S/C20H16ClN5O2S/c1-28-17-8-3-2-7-16(17)25-18(27)11-29-20-15-10-24-26(19(15)22-12-23-20)14-6-4-5-13(21)9-14/h2-10,12H,11H2,1H3,(H,25,27). The molecule has 2 aromatic carbocycles. The molecule has 9 heteroatoms. The number of aromatic nitrogens is 4. The van der Waals surface area contributed by atoms with Crippen LogP contribution in [0.5, 0.6) is 5.75 Å². The highest BCUT2D eigenvalue weighted by atomic mass is 35.5. The summed E-state index contributed by atoms with van der Waals surface area (Å²) in [4.78, 5) is 21.0. The number of hydrogen-bond acceptors (Lipinski definition) is 6. The van der Waals surface area contributed by atoms with Gasteiger partial charge in [-0.1, -0.05) is 41.6 Å². The van der Waals surface area contributed by atoms with E-state index in [4.69, 9.17) is 16.3 Å². The van der Waals surface area contributed by atoms with Crippen molar-refractivity contribution < 1.29 is 9.53 Å². The van der Waals surface area contributed by atoms with Crippen LogP contribution in [0.25, 0.3) is 16.7 Å². The van der Waals surface area contributed by atoms with E-state index in [1.54, 1.807) is 36.2 Å². The van der Waals surface area contributed by atoms with Crippen molar-refractivity contribution in [3.05, 3.63) is 66.1 Å². The van der Waals surface area contributed by atoms with Gasteiger partial charge in [-0.2, -0.15) is 5.10 Å². The summed E-state index contributed by atoms with van der Waals surface area (Å²) in [7, 11) is 1.56. The van der Waals surface area contributed by atoms with E-state index in [1.807, 2.05) is 30.3 Å². The van der Waals surface area contributed by atoms with Gasteiger partial charge in [0.2, 0.25) is 5.91 Å². The zero-order valence-corrected chi connectivity index (χ0v) is 16.9. The van der Waals surface area contributed by atoms with Crippen molar-refractivity contribution in [1.29, 1.82) is 0 Å². The number of carbonyl (C=O) groups excluding carboxylic acids is 1. The van der Waals surface area contributed by atoms with Crippen LogP contribution >= 0.6 is 23.4 Å². The highest BCUT2D eigenvalue weighted by Gasteiger charge is 2.14. The first kappa shape index (κ1) is 19.2. The van der Waals surface area contributed by atoms with Crippen LogP contribution in [0.1, 0.15) is 0 Å². The normalized spacial score (nSPS) is 10.8. The zero-order chi connectivity index (χ0) is 20.2. The number of thioether (sulfide) groups is 1. The molecule has 4 aromatic rings. The predicted molar refractivity (Wildman–Crippen MR) is 114 cm³/mol. The molecule has 0 atom stereocenters. The van der Waals surface area contributed by atoms with Gasteiger partial charge in [0.25, 0.3) is 0 Å². The number of ether oxygens (including phenoxy) is 1. The molecule has 0 aliphatic rings. The molecule has 2 aromatic heterocycles. The quantitative estimate of drug-likeness (QED) is 0.368. The van der Waals surface area contributed by atoms with E-state index < -0.39 is 0 Å². The van der Waals surface area contributed by atoms with Crippen molar-refractivity contribution in [2.75, 3.05) is 18.2 Å². The minimum absolute atomic E-state index is 0.159. The van der Waals surface area contributed by atoms with Crippen molar-refractivity contribution in [3.8, 4) is 11.4 Å². The van der Waals surface area contributed by atoms with Gasteiger partial charge in [-0.15, -0.1) is 0 Å². The number of anilines is 1. The molecular formula is C20H16ClN5O2S. The Bertz CT molecular complexity index is 1180. The Morgan fingerprint density at radius 2 is 2.07 bits per heavy atom. The SMILES string of the molecule is COc1ccccc1NC(=O)CSc1ncnc2c1cnn2-c1cccc(Cl)c1. The molecule has 0 saturated carbocycles. The smallest absolute Gasteiger partial charge is 0.234 e. The van der Waals surface area contributed by atoms with Crippen LogP contribution in [0.3, 0.4) is 0 Å². The lowest BCUT2D eigenvalue weighted by molar-refractivity contribution is -0.113. The van der Waals surface area contributed by atoms with Crippen molar-refractivity contribution in [2.45, 2.75) is 5.03 Å². The van der Waals surface area contributed by atoms with E-state index >= 15 is 0 Å². The third kappa shape index (κ3) is 4.18. The van der Waals surface area contributed by atoms with Crippen LogP contribution in [0.15, 0.2) is 66.1 Å². The van der Waals surface area contributed by atoms with E-state index in [1.165, 1.54) is 18.1 Å². The van der Waals surface area contributed by atoms with Gasteiger partial charge in [0, 0.05) is 5.02 Å². The zero-order valence-electron chi connectivity index (χ0n) is 15.4. The first-order valence-electron chi connectivity index (χ1n) is 8.66. The van der Waals surface area contributed by atoms with E-state index in [0.29, 0.717) is 27.1 Å². The molecule has 146 valence electrons. The average Bonchev–Trinajstić information content (AvgIpc) is 3.17. The van der Waals surface area contributed by atoms with Crippen LogP contribution in [0.4, 0.5) is 5.69 Å². The lowest BCUT2D eigenvalue weighted by Gasteiger charge is -2.09. The number of rotatable bonds is 6. The summed E-state index contributed by atoms with van der Waals surface area (Å²) < 4.78 is 6.95. The summed E-state index contributed by atoms with van der Waals surface area (Å²) in [5, 5.41) is 9.32. The fourth-order valence-corrected chi connectivity index (χ4v) is 3.75. The first-order chi connectivity index (χ1) is 14.2. The first-order valence-corrected chi connectivity index (χ1v) is 10.0. The van der Waals surface area contributed by atoms with E-state index in [2.05, 4.69) is 20.4 Å². The number of hydrogen-bond donors (Lipinski definition) is 1. The lowest BCUT2D eigenvalue weighted by Crippen LogP contribution is -2.14. The van der Waals surface area contributed by atoms with Crippen LogP contribution in [0, 0.1) is 0 Å². The number of nitrogens with zero attached hydrogens (tertiary/aromatic N) is 4. The number of fused-ring (bicyclic) bond motifs is 1. The average molecular weight is 426 g/mol. The Hall–Kier alpha value is -3.10. The molecule has 2 heterocycles. The van der Waals surface area contributed by atoms with Crippen molar-refractivity contribution in [1.82, 2.24) is 19.7 Å². The lowest BCUT2D eigenvalue weighted by atomic mass is 10.3. The molecule has 0 saturated heterocycles. The number of methoxy groups -OCH3 is 1. The van der Waals surface area contributed by atoms with Crippen LogP contribution in [-0.4, -0.2) is 38.5 Å². The molecule has 4 rings (SSSR count). The van der Waals surface area contributed by atoms with Gasteiger partial charge in [0.15, 0.2) is 5.65 Å². The second-order valence-corrected chi connectivity index (χ2v) is 7.39. The molecule has 0 aliphatic carbocycles. The maximum absolute atomic E-state index is 12.4. The molecule has 7 nitrogen and oxygen atoms in total. The number of amides is 1. The highest BCUT2D eigenvalue weighted by Crippen LogP contribution is 2.27. The summed E-state index contributed by atoms with van der Waals surface area (Å²) in [6, 6.07) is 14.6. The summed E-state index contributed by atoms with van der Waals surface area (Å²) in [6.45, 7) is 0. The van der Waals surface area contributed by atoms with Crippen LogP contribution < -0.4 is 10.1 Å². The molecule has 0 unspecified atom stereocenters. The maximum atomic E-state index is 12.4. The van der Waals surface area contributed by atoms with E-state index in [0.717, 1.165) is 11.1 Å². The maximum Gasteiger partial charge on any atom is 0.234 e. The molecule has 0 bridgehead atoms. The molecule has 29 heavy (non-hydrogen) atoms. The molecule has 0 fully saturated rings. The predicted octanol–water partition coefficient (Wildman–Crippen LogP) is 4.21.